The first-order chi connectivity index (χ1) is 24.6. The maximum absolute atomic E-state index is 9.82. The van der Waals surface area contributed by atoms with Crippen LogP contribution in [0.1, 0.15) is 72.6 Å². The Kier molecular flexibility index (Phi) is 27.6. The SMILES string of the molecule is C.C.COCCOCCOCCOCCOCCOCCC[NH+]1CCC(Nc2nc(Nc3ccc(O)c(Cl)c3)nc(NC3CCCCCC3)n2)CC1.[Cl-]. The summed E-state index contributed by atoms with van der Waals surface area (Å²) in [5.74, 6) is 1.59. The summed E-state index contributed by atoms with van der Waals surface area (Å²) in [6.45, 7) is 9.63. The maximum atomic E-state index is 9.82. The average Bonchev–Trinajstić information content (AvgIpc) is 3.38. The van der Waals surface area contributed by atoms with Crippen molar-refractivity contribution in [1.29, 1.82) is 0 Å². The number of aromatic nitrogens is 3. The lowest BCUT2D eigenvalue weighted by Crippen LogP contribution is -3.13. The van der Waals surface area contributed by atoms with Crippen LogP contribution in [0.3, 0.4) is 0 Å². The number of rotatable bonds is 25. The highest BCUT2D eigenvalue weighted by molar-refractivity contribution is 6.32. The molecule has 1 saturated carbocycles. The third-order valence-electron chi connectivity index (χ3n) is 8.79. The normalized spacial score (nSPS) is 17.5. The molecule has 306 valence electrons. The number of halogens is 2. The van der Waals surface area contributed by atoms with Gasteiger partial charge >= 0.3 is 0 Å². The van der Waals surface area contributed by atoms with Gasteiger partial charge in [0.05, 0.1) is 97.3 Å². The molecule has 0 amide bonds. The van der Waals surface area contributed by atoms with Crippen molar-refractivity contribution in [3.05, 3.63) is 23.2 Å². The number of likely N-dealkylation sites (tertiary alicyclic amines) is 1. The summed E-state index contributed by atoms with van der Waals surface area (Å²) in [4.78, 5) is 15.7. The second-order valence-electron chi connectivity index (χ2n) is 12.8. The van der Waals surface area contributed by atoms with Gasteiger partial charge in [0.15, 0.2) is 0 Å². The van der Waals surface area contributed by atoms with Gasteiger partial charge in [-0.2, -0.15) is 15.0 Å². The van der Waals surface area contributed by atoms with E-state index in [9.17, 15) is 5.11 Å². The zero-order valence-corrected chi connectivity index (χ0v) is 31.7. The largest absolute Gasteiger partial charge is 1.00 e. The van der Waals surface area contributed by atoms with Crippen LogP contribution in [-0.4, -0.2) is 132 Å². The summed E-state index contributed by atoms with van der Waals surface area (Å²) >= 11 is 6.14. The molecule has 1 aromatic heterocycles. The van der Waals surface area contributed by atoms with Crippen molar-refractivity contribution < 1.29 is 50.8 Å². The molecule has 5 N–H and O–H groups in total. The number of anilines is 4. The number of ether oxygens (including phenoxy) is 6. The molecule has 4 rings (SSSR count). The number of hydrogen-bond acceptors (Lipinski definition) is 13. The minimum absolute atomic E-state index is 0. The number of phenolic OH excluding ortho intramolecular Hbond substituents is 1. The van der Waals surface area contributed by atoms with E-state index < -0.39 is 0 Å². The van der Waals surface area contributed by atoms with E-state index >= 15 is 0 Å². The number of phenols is 1. The highest BCUT2D eigenvalue weighted by Crippen LogP contribution is 2.28. The first-order valence-electron chi connectivity index (χ1n) is 18.3. The van der Waals surface area contributed by atoms with Gasteiger partial charge in [0.2, 0.25) is 17.8 Å². The van der Waals surface area contributed by atoms with Crippen molar-refractivity contribution in [2.24, 2.45) is 0 Å². The Labute approximate surface area is 329 Å². The van der Waals surface area contributed by atoms with E-state index in [1.54, 1.807) is 30.2 Å². The molecule has 1 aliphatic heterocycles. The van der Waals surface area contributed by atoms with Crippen molar-refractivity contribution >= 4 is 35.1 Å². The molecule has 14 nitrogen and oxygen atoms in total. The van der Waals surface area contributed by atoms with Gasteiger partial charge in [-0.15, -0.1) is 0 Å². The minimum Gasteiger partial charge on any atom is -1.00 e. The quantitative estimate of drug-likeness (QED) is 0.0567. The number of aromatic hydroxyl groups is 1. The molecule has 16 heteroatoms. The molecule has 0 unspecified atom stereocenters. The van der Waals surface area contributed by atoms with Gasteiger partial charge in [0.1, 0.15) is 5.75 Å². The summed E-state index contributed by atoms with van der Waals surface area (Å²) < 4.78 is 32.6. The van der Waals surface area contributed by atoms with E-state index in [1.807, 2.05) is 0 Å². The number of hydrogen-bond donors (Lipinski definition) is 5. The lowest BCUT2D eigenvalue weighted by atomic mass is 10.1. The van der Waals surface area contributed by atoms with Crippen LogP contribution < -0.4 is 33.3 Å². The Morgan fingerprint density at radius 3 is 1.66 bits per heavy atom. The van der Waals surface area contributed by atoms with Crippen molar-refractivity contribution in [2.75, 3.05) is 115 Å². The fraction of sp³-hybridized carbons (Fsp3) is 0.757. The minimum atomic E-state index is 0. The molecule has 0 radical (unpaired) electrons. The van der Waals surface area contributed by atoms with E-state index in [1.165, 1.54) is 25.7 Å². The first-order valence-corrected chi connectivity index (χ1v) is 18.7. The zero-order valence-electron chi connectivity index (χ0n) is 30.1. The fourth-order valence-corrected chi connectivity index (χ4v) is 6.21. The van der Waals surface area contributed by atoms with Gasteiger partial charge in [0, 0.05) is 44.1 Å². The van der Waals surface area contributed by atoms with Crippen LogP contribution in [-0.2, 0) is 28.4 Å². The van der Waals surface area contributed by atoms with Gasteiger partial charge in [-0.1, -0.05) is 52.1 Å². The average molecular weight is 793 g/mol. The molecule has 53 heavy (non-hydrogen) atoms. The molecule has 2 aromatic rings. The number of quaternary nitrogens is 1. The third-order valence-corrected chi connectivity index (χ3v) is 9.10. The van der Waals surface area contributed by atoms with Crippen molar-refractivity contribution in [3.8, 4) is 5.75 Å². The molecule has 2 aliphatic rings. The standard InChI is InChI=1S/C35H58ClN7O7.2CH4.ClH/c1-45-17-18-47-21-22-49-25-26-50-24-23-48-20-19-46-16-6-13-43-14-11-29(12-15-43)38-34-40-33(37-28-7-4-2-3-5-8-28)41-35(42-34)39-30-9-10-32(44)31(36)27-30;;;/h9-10,27-29,44H,2-8,11-26H2,1H3,(H3,37,38,39,40,41,42);2*1H4;1H. The van der Waals surface area contributed by atoms with Crippen LogP contribution in [0.4, 0.5) is 23.5 Å². The molecule has 1 aromatic carbocycles. The number of benzene rings is 1. The van der Waals surface area contributed by atoms with E-state index in [2.05, 4.69) is 20.9 Å². The first kappa shape index (κ1) is 48.7. The van der Waals surface area contributed by atoms with Crippen LogP contribution >= 0.6 is 11.6 Å². The zero-order chi connectivity index (χ0) is 35.1. The maximum Gasteiger partial charge on any atom is 0.233 e. The van der Waals surface area contributed by atoms with Crippen LogP contribution in [0.5, 0.6) is 5.75 Å². The molecule has 2 heterocycles. The predicted molar refractivity (Wildman–Crippen MR) is 208 cm³/mol. The molecule has 1 aliphatic carbocycles. The monoisotopic (exact) mass is 791 g/mol. The lowest BCUT2D eigenvalue weighted by molar-refractivity contribution is -0.905. The van der Waals surface area contributed by atoms with E-state index in [4.69, 9.17) is 50.0 Å². The molecule has 1 saturated heterocycles. The van der Waals surface area contributed by atoms with Crippen molar-refractivity contribution in [2.45, 2.75) is 84.7 Å². The Morgan fingerprint density at radius 1 is 0.679 bits per heavy atom. The molecule has 0 atom stereocenters. The summed E-state index contributed by atoms with van der Waals surface area (Å²) in [6.07, 6.45) is 10.3. The van der Waals surface area contributed by atoms with Crippen molar-refractivity contribution in [3.63, 3.8) is 0 Å². The summed E-state index contributed by atoms with van der Waals surface area (Å²) in [7, 11) is 1.65. The van der Waals surface area contributed by atoms with Gasteiger partial charge in [-0.05, 0) is 31.0 Å². The van der Waals surface area contributed by atoms with Gasteiger partial charge in [-0.25, -0.2) is 0 Å². The molecule has 2 fully saturated rings. The number of methoxy groups -OCH3 is 1. The topological polar surface area (TPSA) is 155 Å². The van der Waals surface area contributed by atoms with Crippen LogP contribution in [0, 0.1) is 0 Å². The number of nitrogens with zero attached hydrogens (tertiary/aromatic N) is 3. The highest BCUT2D eigenvalue weighted by atomic mass is 35.5. The van der Waals surface area contributed by atoms with E-state index in [0.29, 0.717) is 102 Å². The summed E-state index contributed by atoms with van der Waals surface area (Å²) in [6, 6.07) is 5.60. The molecule has 0 spiro atoms. The van der Waals surface area contributed by atoms with Crippen molar-refractivity contribution in [1.82, 2.24) is 15.0 Å². The van der Waals surface area contributed by atoms with Crippen LogP contribution in [0.2, 0.25) is 5.02 Å². The summed E-state index contributed by atoms with van der Waals surface area (Å²) in [5.41, 5.74) is 0.693. The van der Waals surface area contributed by atoms with Gasteiger partial charge in [0.25, 0.3) is 0 Å². The molecular formula is C37H67Cl2N7O7. The number of piperidine rings is 1. The Morgan fingerprint density at radius 2 is 1.15 bits per heavy atom. The Hall–Kier alpha value is -2.27. The predicted octanol–water partition coefficient (Wildman–Crippen LogP) is 1.96. The number of nitrogens with one attached hydrogen (secondary N) is 4. The Bertz CT molecular complexity index is 1190. The second kappa shape index (κ2) is 30.0. The second-order valence-corrected chi connectivity index (χ2v) is 13.2. The van der Waals surface area contributed by atoms with Gasteiger partial charge < -0.3 is 66.8 Å². The highest BCUT2D eigenvalue weighted by Gasteiger charge is 2.23. The molecular weight excluding hydrogens is 725 g/mol. The van der Waals surface area contributed by atoms with E-state index in [0.717, 1.165) is 58.3 Å². The fourth-order valence-electron chi connectivity index (χ4n) is 6.03. The lowest BCUT2D eigenvalue weighted by Gasteiger charge is -2.30. The van der Waals surface area contributed by atoms with Crippen LogP contribution in [0.25, 0.3) is 0 Å². The van der Waals surface area contributed by atoms with Gasteiger partial charge in [-0.3, -0.25) is 0 Å². The van der Waals surface area contributed by atoms with E-state index in [-0.39, 0.29) is 38.0 Å². The summed E-state index contributed by atoms with van der Waals surface area (Å²) in [5, 5.41) is 20.5. The molecule has 0 bridgehead atoms. The Balaban J connectivity index is 0.00000468. The smallest absolute Gasteiger partial charge is 0.233 e. The van der Waals surface area contributed by atoms with Crippen LogP contribution in [0.15, 0.2) is 18.2 Å². The third kappa shape index (κ3) is 20.8.